The Morgan fingerprint density at radius 3 is 2.76 bits per heavy atom. The molecule has 1 atom stereocenters. The van der Waals surface area contributed by atoms with Crippen molar-refractivity contribution in [2.45, 2.75) is 64.0 Å². The molecule has 2 N–H and O–H groups in total. The van der Waals surface area contributed by atoms with Crippen LogP contribution in [-0.2, 0) is 9.53 Å². The monoisotopic (exact) mass is 300 g/mol. The fourth-order valence-electron chi connectivity index (χ4n) is 2.91. The number of carbonyl (C=O) groups excluding carboxylic acids is 1. The average Bonchev–Trinajstić information content (AvgIpc) is 2.47. The Morgan fingerprint density at radius 1 is 1.38 bits per heavy atom. The summed E-state index contributed by atoms with van der Waals surface area (Å²) in [5.41, 5.74) is 0. The van der Waals surface area contributed by atoms with Crippen molar-refractivity contribution in [1.29, 1.82) is 0 Å². The highest BCUT2D eigenvalue weighted by molar-refractivity contribution is 5.69. The quantitative estimate of drug-likeness (QED) is 0.473. The molecule has 1 aliphatic rings. The standard InChI is InChI=1S/C16H32N2O3/c1-3-21-16(20)12-15(19)13-17-10-7-11-18(2)14-8-5-4-6-9-14/h14-15,17,19H,3-13H2,1-2H3. The Morgan fingerprint density at radius 2 is 2.10 bits per heavy atom. The molecule has 0 aromatic rings. The lowest BCUT2D eigenvalue weighted by atomic mass is 9.94. The smallest absolute Gasteiger partial charge is 0.308 e. The van der Waals surface area contributed by atoms with Crippen molar-refractivity contribution in [3.63, 3.8) is 0 Å². The summed E-state index contributed by atoms with van der Waals surface area (Å²) in [5, 5.41) is 12.9. The van der Waals surface area contributed by atoms with Gasteiger partial charge in [0.2, 0.25) is 0 Å². The molecule has 0 aromatic carbocycles. The number of nitrogens with zero attached hydrogens (tertiary/aromatic N) is 1. The summed E-state index contributed by atoms with van der Waals surface area (Å²) in [4.78, 5) is 13.7. The molecule has 1 saturated carbocycles. The van der Waals surface area contributed by atoms with Crippen molar-refractivity contribution in [1.82, 2.24) is 10.2 Å². The van der Waals surface area contributed by atoms with Gasteiger partial charge in [-0.3, -0.25) is 4.79 Å². The Hall–Kier alpha value is -0.650. The Kier molecular flexibility index (Phi) is 9.63. The van der Waals surface area contributed by atoms with E-state index in [-0.39, 0.29) is 12.4 Å². The summed E-state index contributed by atoms with van der Waals surface area (Å²) in [6, 6.07) is 0.758. The zero-order valence-electron chi connectivity index (χ0n) is 13.6. The topological polar surface area (TPSA) is 61.8 Å². The molecule has 124 valence electrons. The van der Waals surface area contributed by atoms with Crippen LogP contribution in [0, 0.1) is 0 Å². The van der Waals surface area contributed by atoms with E-state index < -0.39 is 6.10 Å². The van der Waals surface area contributed by atoms with Crippen LogP contribution < -0.4 is 5.32 Å². The van der Waals surface area contributed by atoms with Crippen molar-refractivity contribution < 1.29 is 14.6 Å². The van der Waals surface area contributed by atoms with E-state index in [1.165, 1.54) is 32.1 Å². The van der Waals surface area contributed by atoms with E-state index in [0.717, 1.165) is 25.6 Å². The molecule has 0 heterocycles. The lowest BCUT2D eigenvalue weighted by molar-refractivity contribution is -0.145. The summed E-state index contributed by atoms with van der Waals surface area (Å²) in [6.45, 7) is 4.55. The number of nitrogens with one attached hydrogen (secondary N) is 1. The van der Waals surface area contributed by atoms with Gasteiger partial charge in [-0.2, -0.15) is 0 Å². The SMILES string of the molecule is CCOC(=O)CC(O)CNCCCN(C)C1CCCCC1. The van der Waals surface area contributed by atoms with E-state index in [0.29, 0.717) is 13.2 Å². The van der Waals surface area contributed by atoms with Gasteiger partial charge in [0, 0.05) is 12.6 Å². The predicted octanol–water partition coefficient (Wildman–Crippen LogP) is 1.54. The summed E-state index contributed by atoms with van der Waals surface area (Å²) < 4.78 is 4.81. The van der Waals surface area contributed by atoms with Crippen LogP contribution in [0.4, 0.5) is 0 Å². The van der Waals surface area contributed by atoms with E-state index in [4.69, 9.17) is 4.74 Å². The van der Waals surface area contributed by atoms with Crippen molar-refractivity contribution in [2.75, 3.05) is 33.3 Å². The minimum Gasteiger partial charge on any atom is -0.466 e. The fraction of sp³-hybridized carbons (Fsp3) is 0.938. The molecule has 0 bridgehead atoms. The van der Waals surface area contributed by atoms with E-state index >= 15 is 0 Å². The van der Waals surface area contributed by atoms with E-state index in [2.05, 4.69) is 17.3 Å². The lowest BCUT2D eigenvalue weighted by Crippen LogP contribution is -2.36. The molecular weight excluding hydrogens is 268 g/mol. The molecule has 5 heteroatoms. The molecule has 0 spiro atoms. The number of hydrogen-bond acceptors (Lipinski definition) is 5. The van der Waals surface area contributed by atoms with Gasteiger partial charge in [-0.1, -0.05) is 19.3 Å². The fourth-order valence-corrected chi connectivity index (χ4v) is 2.91. The van der Waals surface area contributed by atoms with Crippen LogP contribution in [-0.4, -0.2) is 61.4 Å². The third-order valence-corrected chi connectivity index (χ3v) is 4.15. The first-order valence-electron chi connectivity index (χ1n) is 8.38. The molecule has 1 unspecified atom stereocenters. The van der Waals surface area contributed by atoms with Gasteiger partial charge >= 0.3 is 5.97 Å². The van der Waals surface area contributed by atoms with Gasteiger partial charge in [0.05, 0.1) is 19.1 Å². The number of hydrogen-bond donors (Lipinski definition) is 2. The molecule has 0 radical (unpaired) electrons. The maximum atomic E-state index is 11.2. The first-order valence-corrected chi connectivity index (χ1v) is 8.38. The highest BCUT2D eigenvalue weighted by atomic mass is 16.5. The van der Waals surface area contributed by atoms with Crippen LogP contribution in [0.15, 0.2) is 0 Å². The third-order valence-electron chi connectivity index (χ3n) is 4.15. The minimum atomic E-state index is -0.653. The number of esters is 1. The minimum absolute atomic E-state index is 0.0722. The zero-order chi connectivity index (χ0) is 15.5. The number of aliphatic hydroxyl groups is 1. The second-order valence-corrected chi connectivity index (χ2v) is 5.99. The molecule has 5 nitrogen and oxygen atoms in total. The molecule has 0 saturated heterocycles. The molecule has 0 aromatic heterocycles. The highest BCUT2D eigenvalue weighted by Crippen LogP contribution is 2.21. The van der Waals surface area contributed by atoms with E-state index in [1.54, 1.807) is 6.92 Å². The Bertz CT molecular complexity index is 281. The van der Waals surface area contributed by atoms with Gasteiger partial charge in [-0.05, 0) is 46.3 Å². The molecule has 1 aliphatic carbocycles. The number of ether oxygens (including phenoxy) is 1. The van der Waals surface area contributed by atoms with E-state index in [9.17, 15) is 9.90 Å². The average molecular weight is 300 g/mol. The van der Waals surface area contributed by atoms with Crippen molar-refractivity contribution in [3.8, 4) is 0 Å². The maximum Gasteiger partial charge on any atom is 0.308 e. The van der Waals surface area contributed by atoms with Crippen LogP contribution in [0.2, 0.25) is 0 Å². The summed E-state index contributed by atoms with van der Waals surface area (Å²) >= 11 is 0. The van der Waals surface area contributed by atoms with Gasteiger partial charge in [0.1, 0.15) is 0 Å². The van der Waals surface area contributed by atoms with Gasteiger partial charge in [-0.15, -0.1) is 0 Å². The van der Waals surface area contributed by atoms with Gasteiger partial charge < -0.3 is 20.1 Å². The van der Waals surface area contributed by atoms with Gasteiger partial charge in [-0.25, -0.2) is 0 Å². The molecule has 0 aliphatic heterocycles. The first kappa shape index (κ1) is 18.4. The van der Waals surface area contributed by atoms with Crippen LogP contribution in [0.5, 0.6) is 0 Å². The van der Waals surface area contributed by atoms with Crippen molar-refractivity contribution in [3.05, 3.63) is 0 Å². The van der Waals surface area contributed by atoms with Crippen molar-refractivity contribution in [2.24, 2.45) is 0 Å². The summed E-state index contributed by atoms with van der Waals surface area (Å²) in [7, 11) is 2.21. The molecule has 1 rings (SSSR count). The normalized spacial score (nSPS) is 17.9. The largest absolute Gasteiger partial charge is 0.466 e. The summed E-state index contributed by atoms with van der Waals surface area (Å²) in [6.07, 6.45) is 7.29. The molecule has 1 fully saturated rings. The number of carbonyl (C=O) groups is 1. The summed E-state index contributed by atoms with van der Waals surface area (Å²) in [5.74, 6) is -0.330. The maximum absolute atomic E-state index is 11.2. The van der Waals surface area contributed by atoms with Crippen molar-refractivity contribution >= 4 is 5.97 Å². The van der Waals surface area contributed by atoms with Gasteiger partial charge in [0.15, 0.2) is 0 Å². The second-order valence-electron chi connectivity index (χ2n) is 5.99. The second kappa shape index (κ2) is 11.0. The number of aliphatic hydroxyl groups excluding tert-OH is 1. The Labute approximate surface area is 129 Å². The predicted molar refractivity (Wildman–Crippen MR) is 84.2 cm³/mol. The first-order chi connectivity index (χ1) is 10.1. The molecule has 21 heavy (non-hydrogen) atoms. The van der Waals surface area contributed by atoms with Crippen LogP contribution in [0.3, 0.4) is 0 Å². The lowest BCUT2D eigenvalue weighted by Gasteiger charge is -2.31. The molecule has 0 amide bonds. The molecular formula is C16H32N2O3. The number of rotatable bonds is 10. The van der Waals surface area contributed by atoms with Gasteiger partial charge in [0.25, 0.3) is 0 Å². The Balaban J connectivity index is 1.99. The van der Waals surface area contributed by atoms with Crippen LogP contribution in [0.25, 0.3) is 0 Å². The highest BCUT2D eigenvalue weighted by Gasteiger charge is 2.17. The zero-order valence-corrected chi connectivity index (χ0v) is 13.6. The third kappa shape index (κ3) is 8.39. The van der Waals surface area contributed by atoms with Crippen LogP contribution in [0.1, 0.15) is 51.9 Å². The van der Waals surface area contributed by atoms with E-state index in [1.807, 2.05) is 0 Å². The van der Waals surface area contributed by atoms with Crippen LogP contribution >= 0.6 is 0 Å².